The molecule has 0 aliphatic rings. The number of carbonyl (C=O) groups excluding carboxylic acids is 1. The summed E-state index contributed by atoms with van der Waals surface area (Å²) in [4.78, 5) is 10.6. The van der Waals surface area contributed by atoms with Gasteiger partial charge in [-0.25, -0.2) is 4.79 Å². The summed E-state index contributed by atoms with van der Waals surface area (Å²) < 4.78 is 40.2. The molecule has 0 N–H and O–H groups in total. The lowest BCUT2D eigenvalue weighted by Crippen LogP contribution is -2.26. The highest BCUT2D eigenvalue weighted by atomic mass is 19.4. The highest BCUT2D eigenvalue weighted by Crippen LogP contribution is 2.25. The Morgan fingerprint density at radius 2 is 1.88 bits per heavy atom. The van der Waals surface area contributed by atoms with Crippen molar-refractivity contribution in [2.24, 2.45) is 0 Å². The van der Waals surface area contributed by atoms with Crippen molar-refractivity contribution in [3.8, 4) is 0 Å². The molecule has 16 heavy (non-hydrogen) atoms. The zero-order chi connectivity index (χ0) is 12.3. The standard InChI is InChI=1S/C11H11F3O2/c1-7-5-3-4-6-9(7)8(2)16-10(15)11(12,13)14/h3-6,8H,1-2H3. The average molecular weight is 232 g/mol. The Morgan fingerprint density at radius 3 is 2.38 bits per heavy atom. The number of alkyl halides is 3. The maximum absolute atomic E-state index is 12.0. The molecule has 2 nitrogen and oxygen atoms in total. The molecule has 0 aliphatic carbocycles. The average Bonchev–Trinajstić information content (AvgIpc) is 2.16. The van der Waals surface area contributed by atoms with Crippen LogP contribution in [-0.2, 0) is 9.53 Å². The van der Waals surface area contributed by atoms with Crippen LogP contribution in [0.3, 0.4) is 0 Å². The van der Waals surface area contributed by atoms with Crippen LogP contribution in [0.5, 0.6) is 0 Å². The Kier molecular flexibility index (Phi) is 3.57. The Hall–Kier alpha value is -1.52. The van der Waals surface area contributed by atoms with Crippen LogP contribution in [0.4, 0.5) is 13.2 Å². The second-order valence-electron chi connectivity index (χ2n) is 3.40. The van der Waals surface area contributed by atoms with E-state index in [1.165, 1.54) is 6.92 Å². The van der Waals surface area contributed by atoms with Gasteiger partial charge in [0.2, 0.25) is 0 Å². The monoisotopic (exact) mass is 232 g/mol. The molecule has 0 radical (unpaired) electrons. The van der Waals surface area contributed by atoms with Gasteiger partial charge in [-0.15, -0.1) is 0 Å². The van der Waals surface area contributed by atoms with E-state index < -0.39 is 18.2 Å². The molecule has 0 aliphatic heterocycles. The Balaban J connectivity index is 2.78. The van der Waals surface area contributed by atoms with Crippen LogP contribution in [-0.4, -0.2) is 12.1 Å². The first-order valence-corrected chi connectivity index (χ1v) is 4.65. The van der Waals surface area contributed by atoms with Crippen LogP contribution in [0, 0.1) is 6.92 Å². The predicted molar refractivity (Wildman–Crippen MR) is 51.7 cm³/mol. The van der Waals surface area contributed by atoms with E-state index in [2.05, 4.69) is 4.74 Å². The molecule has 1 aromatic carbocycles. The molecule has 1 atom stereocenters. The summed E-state index contributed by atoms with van der Waals surface area (Å²) in [5, 5.41) is 0. The van der Waals surface area contributed by atoms with Crippen molar-refractivity contribution in [1.29, 1.82) is 0 Å². The summed E-state index contributed by atoms with van der Waals surface area (Å²) in [5.41, 5.74) is 1.35. The van der Waals surface area contributed by atoms with Crippen LogP contribution >= 0.6 is 0 Å². The van der Waals surface area contributed by atoms with Crippen LogP contribution < -0.4 is 0 Å². The Morgan fingerprint density at radius 1 is 1.31 bits per heavy atom. The molecule has 0 amide bonds. The van der Waals surface area contributed by atoms with E-state index in [9.17, 15) is 18.0 Å². The van der Waals surface area contributed by atoms with Crippen LogP contribution in [0.1, 0.15) is 24.2 Å². The lowest BCUT2D eigenvalue weighted by Gasteiger charge is -2.16. The minimum atomic E-state index is -4.95. The number of esters is 1. The van der Waals surface area contributed by atoms with Crippen molar-refractivity contribution >= 4 is 5.97 Å². The maximum Gasteiger partial charge on any atom is 0.490 e. The van der Waals surface area contributed by atoms with Gasteiger partial charge in [0.25, 0.3) is 0 Å². The summed E-state index contributed by atoms with van der Waals surface area (Å²) in [6.45, 7) is 3.15. The number of aryl methyl sites for hydroxylation is 1. The fourth-order valence-electron chi connectivity index (χ4n) is 1.33. The summed E-state index contributed by atoms with van der Waals surface area (Å²) in [6, 6.07) is 6.81. The number of hydrogen-bond donors (Lipinski definition) is 0. The predicted octanol–water partition coefficient (Wildman–Crippen LogP) is 3.16. The van der Waals surface area contributed by atoms with Gasteiger partial charge in [0.15, 0.2) is 0 Å². The van der Waals surface area contributed by atoms with Crippen molar-refractivity contribution in [1.82, 2.24) is 0 Å². The maximum atomic E-state index is 12.0. The normalized spacial score (nSPS) is 13.3. The van der Waals surface area contributed by atoms with Crippen LogP contribution in [0.25, 0.3) is 0 Å². The molecule has 0 bridgehead atoms. The molecule has 5 heteroatoms. The van der Waals surface area contributed by atoms with Crippen molar-refractivity contribution in [3.63, 3.8) is 0 Å². The second kappa shape index (κ2) is 4.55. The van der Waals surface area contributed by atoms with Gasteiger partial charge in [-0.3, -0.25) is 0 Å². The summed E-state index contributed by atoms with van der Waals surface area (Å²) in [7, 11) is 0. The fourth-order valence-corrected chi connectivity index (χ4v) is 1.33. The molecule has 0 spiro atoms. The first kappa shape index (κ1) is 12.5. The second-order valence-corrected chi connectivity index (χ2v) is 3.40. The third-order valence-corrected chi connectivity index (χ3v) is 2.14. The lowest BCUT2D eigenvalue weighted by atomic mass is 10.0. The summed E-state index contributed by atoms with van der Waals surface area (Å²) >= 11 is 0. The SMILES string of the molecule is Cc1ccccc1C(C)OC(=O)C(F)(F)F. The van der Waals surface area contributed by atoms with E-state index in [0.717, 1.165) is 5.56 Å². The lowest BCUT2D eigenvalue weighted by molar-refractivity contribution is -0.204. The van der Waals surface area contributed by atoms with E-state index in [-0.39, 0.29) is 0 Å². The van der Waals surface area contributed by atoms with Gasteiger partial charge in [-0.2, -0.15) is 13.2 Å². The number of halogens is 3. The number of benzene rings is 1. The third-order valence-electron chi connectivity index (χ3n) is 2.14. The number of hydrogen-bond acceptors (Lipinski definition) is 2. The smallest absolute Gasteiger partial charge is 0.451 e. The van der Waals surface area contributed by atoms with E-state index in [4.69, 9.17) is 0 Å². The molecular formula is C11H11F3O2. The van der Waals surface area contributed by atoms with E-state index in [1.54, 1.807) is 31.2 Å². The van der Waals surface area contributed by atoms with Crippen molar-refractivity contribution in [3.05, 3.63) is 35.4 Å². The van der Waals surface area contributed by atoms with E-state index >= 15 is 0 Å². The quantitative estimate of drug-likeness (QED) is 0.732. The van der Waals surface area contributed by atoms with Gasteiger partial charge >= 0.3 is 12.1 Å². The van der Waals surface area contributed by atoms with E-state index in [0.29, 0.717) is 5.56 Å². The van der Waals surface area contributed by atoms with Gasteiger partial charge in [-0.05, 0) is 25.0 Å². The summed E-state index contributed by atoms with van der Waals surface area (Å²) in [5.74, 6) is -2.16. The van der Waals surface area contributed by atoms with Gasteiger partial charge in [0.1, 0.15) is 6.10 Å². The van der Waals surface area contributed by atoms with Gasteiger partial charge in [0.05, 0.1) is 0 Å². The van der Waals surface area contributed by atoms with Gasteiger partial charge in [0, 0.05) is 0 Å². The molecule has 0 saturated heterocycles. The van der Waals surface area contributed by atoms with E-state index in [1.807, 2.05) is 0 Å². The number of rotatable bonds is 2. The fraction of sp³-hybridized carbons (Fsp3) is 0.364. The highest BCUT2D eigenvalue weighted by Gasteiger charge is 2.41. The molecule has 0 fully saturated rings. The largest absolute Gasteiger partial charge is 0.490 e. The van der Waals surface area contributed by atoms with Crippen molar-refractivity contribution in [2.45, 2.75) is 26.1 Å². The topological polar surface area (TPSA) is 26.3 Å². The molecule has 0 heterocycles. The zero-order valence-corrected chi connectivity index (χ0v) is 8.84. The third kappa shape index (κ3) is 2.98. The summed E-state index contributed by atoms with van der Waals surface area (Å²) in [6.07, 6.45) is -5.85. The minimum Gasteiger partial charge on any atom is -0.451 e. The Bertz CT molecular complexity index is 385. The zero-order valence-electron chi connectivity index (χ0n) is 8.84. The first-order valence-electron chi connectivity index (χ1n) is 4.65. The first-order chi connectivity index (χ1) is 7.32. The number of carbonyl (C=O) groups is 1. The molecule has 1 unspecified atom stereocenters. The molecule has 1 aromatic rings. The molecule has 0 aromatic heterocycles. The molecule has 88 valence electrons. The van der Waals surface area contributed by atoms with Crippen LogP contribution in [0.15, 0.2) is 24.3 Å². The van der Waals surface area contributed by atoms with Crippen molar-refractivity contribution < 1.29 is 22.7 Å². The molecule has 0 saturated carbocycles. The molecule has 1 rings (SSSR count). The number of ether oxygens (including phenoxy) is 1. The van der Waals surface area contributed by atoms with Crippen LogP contribution in [0.2, 0.25) is 0 Å². The highest BCUT2D eigenvalue weighted by molar-refractivity contribution is 5.75. The van der Waals surface area contributed by atoms with Crippen molar-refractivity contribution in [2.75, 3.05) is 0 Å². The minimum absolute atomic E-state index is 0.570. The van der Waals surface area contributed by atoms with Gasteiger partial charge in [-0.1, -0.05) is 24.3 Å². The Labute approximate surface area is 91.0 Å². The molecular weight excluding hydrogens is 221 g/mol. The van der Waals surface area contributed by atoms with Gasteiger partial charge < -0.3 is 4.74 Å².